The zero-order valence-electron chi connectivity index (χ0n) is 15.7. The highest BCUT2D eigenvalue weighted by atomic mass is 16.2. The van der Waals surface area contributed by atoms with Crippen LogP contribution in [0.1, 0.15) is 46.5 Å². The maximum atomic E-state index is 12.9. The Labute approximate surface area is 163 Å². The molecule has 2 unspecified atom stereocenters. The zero-order valence-corrected chi connectivity index (χ0v) is 15.7. The smallest absolute Gasteiger partial charge is 0.268 e. The highest BCUT2D eigenvalue weighted by Gasteiger charge is 2.28. The van der Waals surface area contributed by atoms with Crippen LogP contribution in [0.15, 0.2) is 36.9 Å². The van der Waals surface area contributed by atoms with Crippen molar-refractivity contribution in [3.63, 3.8) is 0 Å². The van der Waals surface area contributed by atoms with Gasteiger partial charge in [-0.25, -0.2) is 0 Å². The van der Waals surface area contributed by atoms with Gasteiger partial charge in [-0.15, -0.1) is 0 Å². The summed E-state index contributed by atoms with van der Waals surface area (Å²) in [5, 5.41) is 9.79. The fourth-order valence-electron chi connectivity index (χ4n) is 4.17. The van der Waals surface area contributed by atoms with Gasteiger partial charge >= 0.3 is 0 Å². The number of rotatable bonds is 4. The lowest BCUT2D eigenvalue weighted by atomic mass is 9.90. The van der Waals surface area contributed by atoms with E-state index in [0.29, 0.717) is 24.3 Å². The van der Waals surface area contributed by atoms with Crippen molar-refractivity contribution < 1.29 is 14.4 Å². The zero-order chi connectivity index (χ0) is 19.7. The number of nitrogens with one attached hydrogen (secondary N) is 3. The third kappa shape index (κ3) is 3.40. The van der Waals surface area contributed by atoms with Gasteiger partial charge in [0.05, 0.1) is 0 Å². The van der Waals surface area contributed by atoms with E-state index in [-0.39, 0.29) is 29.8 Å². The summed E-state index contributed by atoms with van der Waals surface area (Å²) in [6.07, 6.45) is 4.97. The molecule has 1 aliphatic heterocycles. The summed E-state index contributed by atoms with van der Waals surface area (Å²) in [4.78, 5) is 36.6. The molecule has 2 atom stereocenters. The third-order valence-electron chi connectivity index (χ3n) is 5.62. The van der Waals surface area contributed by atoms with Gasteiger partial charge in [0, 0.05) is 41.6 Å². The average molecular weight is 380 g/mol. The van der Waals surface area contributed by atoms with E-state index in [1.165, 1.54) is 6.08 Å². The highest BCUT2D eigenvalue weighted by Crippen LogP contribution is 2.24. The Kier molecular flexibility index (Phi) is 4.90. The summed E-state index contributed by atoms with van der Waals surface area (Å²) in [6, 6.07) is 7.16. The molecule has 1 aromatic carbocycles. The summed E-state index contributed by atoms with van der Waals surface area (Å²) >= 11 is 0. The van der Waals surface area contributed by atoms with Gasteiger partial charge in [0.2, 0.25) is 5.91 Å². The minimum absolute atomic E-state index is 0.0864. The van der Waals surface area contributed by atoms with Gasteiger partial charge in [-0.3, -0.25) is 14.4 Å². The van der Waals surface area contributed by atoms with Gasteiger partial charge < -0.3 is 20.5 Å². The third-order valence-corrected chi connectivity index (χ3v) is 5.62. The molecular weight excluding hydrogens is 356 g/mol. The predicted octanol–water partition coefficient (Wildman–Crippen LogP) is 1.73. The van der Waals surface area contributed by atoms with Gasteiger partial charge in [-0.05, 0) is 37.1 Å². The Balaban J connectivity index is 1.55. The number of hydrogen-bond acceptors (Lipinski definition) is 3. The van der Waals surface area contributed by atoms with Crippen LogP contribution in [0.5, 0.6) is 0 Å². The van der Waals surface area contributed by atoms with E-state index in [2.05, 4.69) is 22.5 Å². The molecule has 146 valence electrons. The Morgan fingerprint density at radius 1 is 1.14 bits per heavy atom. The molecule has 1 aliphatic carbocycles. The lowest BCUT2D eigenvalue weighted by Crippen LogP contribution is -2.52. The molecule has 1 aromatic heterocycles. The van der Waals surface area contributed by atoms with E-state index in [9.17, 15) is 14.4 Å². The largest absolute Gasteiger partial charge is 0.349 e. The van der Waals surface area contributed by atoms with Crippen LogP contribution < -0.4 is 16.0 Å². The van der Waals surface area contributed by atoms with Gasteiger partial charge in [-0.1, -0.05) is 25.5 Å². The maximum absolute atomic E-state index is 12.9. The molecule has 3 N–H and O–H groups in total. The lowest BCUT2D eigenvalue weighted by Gasteiger charge is -2.32. The van der Waals surface area contributed by atoms with Crippen molar-refractivity contribution in [2.24, 2.45) is 0 Å². The Morgan fingerprint density at radius 3 is 2.64 bits per heavy atom. The van der Waals surface area contributed by atoms with Gasteiger partial charge in [0.1, 0.15) is 5.69 Å². The van der Waals surface area contributed by atoms with E-state index in [1.54, 1.807) is 6.07 Å². The number of benzene rings is 1. The fourth-order valence-corrected chi connectivity index (χ4v) is 4.17. The Morgan fingerprint density at radius 2 is 1.89 bits per heavy atom. The molecule has 2 aromatic rings. The van der Waals surface area contributed by atoms with E-state index >= 15 is 0 Å². The van der Waals surface area contributed by atoms with Crippen LogP contribution in [-0.4, -0.2) is 40.9 Å². The lowest BCUT2D eigenvalue weighted by molar-refractivity contribution is -0.117. The normalized spacial score (nSPS) is 21.5. The number of nitrogens with zero attached hydrogens (tertiary/aromatic N) is 1. The molecule has 0 spiro atoms. The van der Waals surface area contributed by atoms with Crippen LogP contribution in [0.2, 0.25) is 0 Å². The molecule has 4 rings (SSSR count). The number of hydrogen-bond donors (Lipinski definition) is 3. The highest BCUT2D eigenvalue weighted by molar-refractivity contribution is 6.02. The molecule has 2 aliphatic rings. The standard InChI is InChI=1S/C21H24N4O3/c1-2-19(26)23-15-5-3-4-6-16(15)24-20(27)14-8-7-13-11-18-21(28)22-9-10-25(18)17(13)12-14/h2,7-8,11-12,15-16H,1,3-6,9-10H2,(H,22,28)(H,23,26)(H,24,27). The molecule has 2 heterocycles. The SMILES string of the molecule is C=CC(=O)NC1CCCCC1NC(=O)c1ccc2cc3n(c2c1)CCNC3=O. The number of amides is 3. The topological polar surface area (TPSA) is 92.2 Å². The number of carbonyl (C=O) groups is 3. The molecule has 0 bridgehead atoms. The first-order valence-corrected chi connectivity index (χ1v) is 9.72. The summed E-state index contributed by atoms with van der Waals surface area (Å²) in [7, 11) is 0. The summed E-state index contributed by atoms with van der Waals surface area (Å²) < 4.78 is 1.96. The summed E-state index contributed by atoms with van der Waals surface area (Å²) in [5.41, 5.74) is 2.06. The average Bonchev–Trinajstić information content (AvgIpc) is 3.08. The van der Waals surface area contributed by atoms with Crippen LogP contribution in [-0.2, 0) is 11.3 Å². The molecule has 1 saturated carbocycles. The fraction of sp³-hybridized carbons (Fsp3) is 0.381. The second kappa shape index (κ2) is 7.50. The Hall–Kier alpha value is -3.09. The molecule has 7 heteroatoms. The minimum Gasteiger partial charge on any atom is -0.349 e. The van der Waals surface area contributed by atoms with Crippen molar-refractivity contribution in [3.05, 3.63) is 48.2 Å². The quantitative estimate of drug-likeness (QED) is 0.706. The van der Waals surface area contributed by atoms with Crippen molar-refractivity contribution in [1.82, 2.24) is 20.5 Å². The van der Waals surface area contributed by atoms with E-state index in [1.807, 2.05) is 22.8 Å². The molecular formula is C21H24N4O3. The van der Waals surface area contributed by atoms with Crippen molar-refractivity contribution in [2.75, 3.05) is 6.54 Å². The van der Waals surface area contributed by atoms with Crippen molar-refractivity contribution in [1.29, 1.82) is 0 Å². The van der Waals surface area contributed by atoms with Gasteiger partial charge in [0.25, 0.3) is 11.8 Å². The van der Waals surface area contributed by atoms with Crippen LogP contribution in [0, 0.1) is 0 Å². The van der Waals surface area contributed by atoms with Crippen LogP contribution >= 0.6 is 0 Å². The predicted molar refractivity (Wildman–Crippen MR) is 106 cm³/mol. The molecule has 1 fully saturated rings. The second-order valence-electron chi connectivity index (χ2n) is 7.39. The van der Waals surface area contributed by atoms with E-state index in [0.717, 1.165) is 36.6 Å². The molecule has 28 heavy (non-hydrogen) atoms. The first kappa shape index (κ1) is 18.3. The number of fused-ring (bicyclic) bond motifs is 3. The molecule has 3 amide bonds. The maximum Gasteiger partial charge on any atom is 0.268 e. The first-order chi connectivity index (χ1) is 13.6. The van der Waals surface area contributed by atoms with Crippen LogP contribution in [0.4, 0.5) is 0 Å². The monoisotopic (exact) mass is 380 g/mol. The molecule has 0 saturated heterocycles. The van der Waals surface area contributed by atoms with Gasteiger partial charge in [-0.2, -0.15) is 0 Å². The number of carbonyl (C=O) groups excluding carboxylic acids is 3. The van der Waals surface area contributed by atoms with E-state index in [4.69, 9.17) is 0 Å². The van der Waals surface area contributed by atoms with Crippen molar-refractivity contribution >= 4 is 28.6 Å². The van der Waals surface area contributed by atoms with E-state index < -0.39 is 0 Å². The molecule has 7 nitrogen and oxygen atoms in total. The van der Waals surface area contributed by atoms with Crippen molar-refractivity contribution in [3.8, 4) is 0 Å². The second-order valence-corrected chi connectivity index (χ2v) is 7.39. The minimum atomic E-state index is -0.217. The molecule has 0 radical (unpaired) electrons. The summed E-state index contributed by atoms with van der Waals surface area (Å²) in [5.74, 6) is -0.468. The Bertz CT molecular complexity index is 962. The van der Waals surface area contributed by atoms with Gasteiger partial charge in [0.15, 0.2) is 0 Å². The summed E-state index contributed by atoms with van der Waals surface area (Å²) in [6.45, 7) is 4.76. The van der Waals surface area contributed by atoms with Crippen LogP contribution in [0.25, 0.3) is 10.9 Å². The first-order valence-electron chi connectivity index (χ1n) is 9.72. The number of aromatic nitrogens is 1. The van der Waals surface area contributed by atoms with Crippen LogP contribution in [0.3, 0.4) is 0 Å². The van der Waals surface area contributed by atoms with Crippen molar-refractivity contribution in [2.45, 2.75) is 44.3 Å².